The van der Waals surface area contributed by atoms with E-state index < -0.39 is 0 Å². The van der Waals surface area contributed by atoms with Crippen molar-refractivity contribution in [1.82, 2.24) is 14.9 Å². The molecule has 2 aromatic heterocycles. The predicted octanol–water partition coefficient (Wildman–Crippen LogP) is 4.62. The molecule has 1 atom stereocenters. The summed E-state index contributed by atoms with van der Waals surface area (Å²) in [7, 11) is 1.46. The summed E-state index contributed by atoms with van der Waals surface area (Å²) >= 11 is 0. The monoisotopic (exact) mass is 504 g/mol. The van der Waals surface area contributed by atoms with Gasteiger partial charge >= 0.3 is 5.97 Å². The molecule has 1 unspecified atom stereocenters. The van der Waals surface area contributed by atoms with Crippen molar-refractivity contribution in [2.75, 3.05) is 32.1 Å². The van der Waals surface area contributed by atoms with E-state index in [1.807, 2.05) is 11.1 Å². The van der Waals surface area contributed by atoms with E-state index in [4.69, 9.17) is 14.7 Å². The molecule has 198 valence electrons. The van der Waals surface area contributed by atoms with E-state index in [-0.39, 0.29) is 17.8 Å². The molecule has 3 aliphatic rings. The molecule has 7 heteroatoms. The molecule has 2 aliphatic heterocycles. The number of ether oxygens (including phenoxy) is 1. The highest BCUT2D eigenvalue weighted by molar-refractivity contribution is 5.76. The number of amides is 1. The summed E-state index contributed by atoms with van der Waals surface area (Å²) in [5.74, 6) is 1.52. The lowest BCUT2D eigenvalue weighted by molar-refractivity contribution is -0.142. The zero-order valence-electron chi connectivity index (χ0n) is 22.1. The molecule has 37 heavy (non-hydrogen) atoms. The average molecular weight is 505 g/mol. The summed E-state index contributed by atoms with van der Waals surface area (Å²) in [5.41, 5.74) is 6.07. The molecule has 2 aromatic rings. The summed E-state index contributed by atoms with van der Waals surface area (Å²) < 4.78 is 5.04. The maximum atomic E-state index is 13.0. The Morgan fingerprint density at radius 2 is 1.92 bits per heavy atom. The number of hydrogen-bond donors (Lipinski definition) is 1. The number of fused-ring (bicyclic) bond motifs is 2. The van der Waals surface area contributed by atoms with Crippen LogP contribution in [0.25, 0.3) is 0 Å². The number of aromatic nitrogens is 2. The van der Waals surface area contributed by atoms with E-state index in [9.17, 15) is 9.59 Å². The number of likely N-dealkylation sites (tertiary alicyclic amines) is 1. The fraction of sp³-hybridized carbons (Fsp3) is 0.600. The average Bonchev–Trinajstić information content (AvgIpc) is 2.95. The molecule has 0 saturated carbocycles. The van der Waals surface area contributed by atoms with Crippen LogP contribution in [0.5, 0.6) is 0 Å². The van der Waals surface area contributed by atoms with E-state index in [1.165, 1.54) is 36.8 Å². The van der Waals surface area contributed by atoms with Crippen LogP contribution >= 0.6 is 0 Å². The minimum atomic E-state index is -0.174. The number of nitrogens with zero attached hydrogens (tertiary/aromatic N) is 3. The van der Waals surface area contributed by atoms with E-state index >= 15 is 0 Å². The van der Waals surface area contributed by atoms with Gasteiger partial charge in [0.2, 0.25) is 5.91 Å². The van der Waals surface area contributed by atoms with Crippen LogP contribution in [0.2, 0.25) is 0 Å². The van der Waals surface area contributed by atoms with Gasteiger partial charge in [-0.3, -0.25) is 14.6 Å². The van der Waals surface area contributed by atoms with Crippen LogP contribution in [0.1, 0.15) is 85.4 Å². The fourth-order valence-electron chi connectivity index (χ4n) is 6.27. The number of anilines is 1. The van der Waals surface area contributed by atoms with Crippen LogP contribution in [0.3, 0.4) is 0 Å². The first-order valence-electron chi connectivity index (χ1n) is 14.2. The van der Waals surface area contributed by atoms with Gasteiger partial charge in [0.25, 0.3) is 0 Å². The van der Waals surface area contributed by atoms with Crippen molar-refractivity contribution >= 4 is 17.7 Å². The van der Waals surface area contributed by atoms with Gasteiger partial charge in [-0.05, 0) is 98.8 Å². The Hall–Kier alpha value is -2.96. The van der Waals surface area contributed by atoms with Crippen LogP contribution in [-0.2, 0) is 40.0 Å². The largest absolute Gasteiger partial charge is 0.469 e. The number of rotatable bonds is 8. The quantitative estimate of drug-likeness (QED) is 0.528. The maximum Gasteiger partial charge on any atom is 0.306 e. The third-order valence-electron chi connectivity index (χ3n) is 8.47. The van der Waals surface area contributed by atoms with Gasteiger partial charge in [-0.15, -0.1) is 0 Å². The molecule has 5 rings (SSSR count). The molecule has 0 spiro atoms. The molecule has 1 N–H and O–H groups in total. The lowest BCUT2D eigenvalue weighted by Gasteiger charge is -2.36. The number of methoxy groups -OCH3 is 1. The van der Waals surface area contributed by atoms with Crippen molar-refractivity contribution in [1.29, 1.82) is 0 Å². The van der Waals surface area contributed by atoms with E-state index in [1.54, 1.807) is 0 Å². The SMILES string of the molecule is COC(=O)CC(c1cnc2c(c1)CCCC2)C1CCN(C(=O)CCCc2ccc3c(n2)NCCC3)CC1. The van der Waals surface area contributed by atoms with Crippen LogP contribution in [0, 0.1) is 5.92 Å². The fourth-order valence-corrected chi connectivity index (χ4v) is 6.27. The van der Waals surface area contributed by atoms with Crippen molar-refractivity contribution < 1.29 is 14.3 Å². The Morgan fingerprint density at radius 1 is 1.11 bits per heavy atom. The summed E-state index contributed by atoms with van der Waals surface area (Å²) in [6.45, 7) is 2.49. The molecular formula is C30H40N4O3. The highest BCUT2D eigenvalue weighted by Crippen LogP contribution is 2.37. The van der Waals surface area contributed by atoms with Gasteiger partial charge in [0.15, 0.2) is 0 Å². The third kappa shape index (κ3) is 6.31. The van der Waals surface area contributed by atoms with Crippen molar-refractivity contribution in [3.8, 4) is 0 Å². The molecular weight excluding hydrogens is 464 g/mol. The molecule has 1 amide bonds. The number of pyridine rings is 2. The number of piperidine rings is 1. The zero-order chi connectivity index (χ0) is 25.6. The summed E-state index contributed by atoms with van der Waals surface area (Å²) in [6.07, 6.45) is 13.2. The molecule has 7 nitrogen and oxygen atoms in total. The van der Waals surface area contributed by atoms with Gasteiger partial charge in [0.05, 0.1) is 13.5 Å². The van der Waals surface area contributed by atoms with Gasteiger partial charge in [-0.25, -0.2) is 4.98 Å². The van der Waals surface area contributed by atoms with Gasteiger partial charge in [0, 0.05) is 43.6 Å². The van der Waals surface area contributed by atoms with Crippen LogP contribution < -0.4 is 5.32 Å². The summed E-state index contributed by atoms with van der Waals surface area (Å²) in [5, 5.41) is 3.39. The van der Waals surface area contributed by atoms with Crippen LogP contribution in [0.15, 0.2) is 24.4 Å². The van der Waals surface area contributed by atoms with Gasteiger partial charge < -0.3 is 15.0 Å². The lowest BCUT2D eigenvalue weighted by Crippen LogP contribution is -2.40. The number of hydrogen-bond acceptors (Lipinski definition) is 6. The summed E-state index contributed by atoms with van der Waals surface area (Å²) in [4.78, 5) is 36.8. The first kappa shape index (κ1) is 25.7. The Labute approximate surface area is 220 Å². The van der Waals surface area contributed by atoms with E-state index in [2.05, 4.69) is 23.5 Å². The van der Waals surface area contributed by atoms with Crippen molar-refractivity contribution in [3.05, 3.63) is 52.5 Å². The normalized spacial score (nSPS) is 18.4. The van der Waals surface area contributed by atoms with Gasteiger partial charge in [-0.1, -0.05) is 12.1 Å². The first-order valence-corrected chi connectivity index (χ1v) is 14.2. The Morgan fingerprint density at radius 3 is 2.76 bits per heavy atom. The molecule has 4 heterocycles. The molecule has 1 fully saturated rings. The second kappa shape index (κ2) is 12.1. The minimum absolute atomic E-state index is 0.0909. The second-order valence-electron chi connectivity index (χ2n) is 10.9. The Balaban J connectivity index is 1.15. The number of carbonyl (C=O) groups is 2. The molecule has 1 saturated heterocycles. The van der Waals surface area contributed by atoms with Crippen molar-refractivity contribution in [3.63, 3.8) is 0 Å². The highest BCUT2D eigenvalue weighted by atomic mass is 16.5. The molecule has 0 aromatic carbocycles. The first-order chi connectivity index (χ1) is 18.1. The smallest absolute Gasteiger partial charge is 0.306 e. The Bertz CT molecular complexity index is 1110. The lowest BCUT2D eigenvalue weighted by atomic mass is 9.77. The Kier molecular flexibility index (Phi) is 8.37. The number of carbonyl (C=O) groups excluding carboxylic acids is 2. The topological polar surface area (TPSA) is 84.4 Å². The van der Waals surface area contributed by atoms with Crippen LogP contribution in [0.4, 0.5) is 5.82 Å². The number of aryl methyl sites for hydroxylation is 4. The van der Waals surface area contributed by atoms with E-state index in [0.717, 1.165) is 88.1 Å². The van der Waals surface area contributed by atoms with Crippen molar-refractivity contribution in [2.24, 2.45) is 5.92 Å². The summed E-state index contributed by atoms with van der Waals surface area (Å²) in [6, 6.07) is 6.58. The van der Waals surface area contributed by atoms with Gasteiger partial charge in [0.1, 0.15) is 5.82 Å². The second-order valence-corrected chi connectivity index (χ2v) is 10.9. The highest BCUT2D eigenvalue weighted by Gasteiger charge is 2.32. The predicted molar refractivity (Wildman–Crippen MR) is 144 cm³/mol. The molecule has 0 radical (unpaired) electrons. The van der Waals surface area contributed by atoms with Crippen LogP contribution in [-0.4, -0.2) is 53.5 Å². The number of esters is 1. The van der Waals surface area contributed by atoms with E-state index in [0.29, 0.717) is 18.8 Å². The van der Waals surface area contributed by atoms with Gasteiger partial charge in [-0.2, -0.15) is 0 Å². The minimum Gasteiger partial charge on any atom is -0.469 e. The molecule has 1 aliphatic carbocycles. The van der Waals surface area contributed by atoms with Crippen molar-refractivity contribution in [2.45, 2.75) is 83.0 Å². The zero-order valence-corrected chi connectivity index (χ0v) is 22.1. The maximum absolute atomic E-state index is 13.0. The molecule has 0 bridgehead atoms. The number of nitrogens with one attached hydrogen (secondary N) is 1. The third-order valence-corrected chi connectivity index (χ3v) is 8.47. The standard InChI is InChI=1S/C30H40N4O3/c1-37-29(36)19-26(24-18-23-6-2-3-9-27(23)32-20-24)21-13-16-34(17-14-21)28(35)10-4-8-25-12-11-22-7-5-15-31-30(22)33-25/h11-12,18,20-21,26H,2-10,13-17,19H2,1H3,(H,31,33).